The minimum absolute atomic E-state index is 0.0723. The van der Waals surface area contributed by atoms with Crippen LogP contribution in [0.4, 0.5) is 5.69 Å². The van der Waals surface area contributed by atoms with Gasteiger partial charge in [-0.3, -0.25) is 0 Å². The fraction of sp³-hybridized carbons (Fsp3) is 0.400. The van der Waals surface area contributed by atoms with Crippen molar-refractivity contribution in [3.05, 3.63) is 24.3 Å². The SMILES string of the molecule is CCOc1cccc(NC(C)Cl)c1. The van der Waals surface area contributed by atoms with Crippen molar-refractivity contribution in [1.82, 2.24) is 0 Å². The predicted molar refractivity (Wildman–Crippen MR) is 56.5 cm³/mol. The Morgan fingerprint density at radius 3 is 2.92 bits per heavy atom. The van der Waals surface area contributed by atoms with Crippen molar-refractivity contribution in [2.45, 2.75) is 19.3 Å². The number of rotatable bonds is 4. The minimum atomic E-state index is -0.0723. The molecule has 1 unspecified atom stereocenters. The van der Waals surface area contributed by atoms with Gasteiger partial charge in [0.25, 0.3) is 0 Å². The van der Waals surface area contributed by atoms with E-state index >= 15 is 0 Å². The lowest BCUT2D eigenvalue weighted by molar-refractivity contribution is 0.340. The summed E-state index contributed by atoms with van der Waals surface area (Å²) in [4.78, 5) is 0. The van der Waals surface area contributed by atoms with Crippen molar-refractivity contribution < 1.29 is 4.74 Å². The highest BCUT2D eigenvalue weighted by Crippen LogP contribution is 2.18. The van der Waals surface area contributed by atoms with Crippen molar-refractivity contribution in [2.75, 3.05) is 11.9 Å². The maximum Gasteiger partial charge on any atom is 0.121 e. The number of hydrogen-bond acceptors (Lipinski definition) is 2. The van der Waals surface area contributed by atoms with Crippen LogP contribution in [0.5, 0.6) is 5.75 Å². The molecule has 0 aromatic heterocycles. The van der Waals surface area contributed by atoms with Gasteiger partial charge in [-0.25, -0.2) is 0 Å². The Morgan fingerprint density at radius 2 is 2.31 bits per heavy atom. The quantitative estimate of drug-likeness (QED) is 0.595. The van der Waals surface area contributed by atoms with Crippen LogP contribution in [0.15, 0.2) is 24.3 Å². The third-order valence-corrected chi connectivity index (χ3v) is 1.62. The van der Waals surface area contributed by atoms with Gasteiger partial charge in [0.2, 0.25) is 0 Å². The molecular weight excluding hydrogens is 186 g/mol. The molecule has 0 aliphatic heterocycles. The summed E-state index contributed by atoms with van der Waals surface area (Å²) in [5.41, 5.74) is 0.908. The van der Waals surface area contributed by atoms with Gasteiger partial charge in [-0.2, -0.15) is 0 Å². The van der Waals surface area contributed by atoms with Crippen LogP contribution >= 0.6 is 11.6 Å². The molecule has 13 heavy (non-hydrogen) atoms. The number of ether oxygens (including phenoxy) is 1. The van der Waals surface area contributed by atoms with E-state index in [0.29, 0.717) is 6.61 Å². The van der Waals surface area contributed by atoms with Crippen molar-refractivity contribution >= 4 is 17.3 Å². The second-order valence-corrected chi connectivity index (χ2v) is 3.38. The first-order valence-electron chi connectivity index (χ1n) is 4.36. The first kappa shape index (κ1) is 10.2. The Kier molecular flexibility index (Phi) is 3.90. The molecule has 0 saturated heterocycles. The fourth-order valence-corrected chi connectivity index (χ4v) is 1.20. The highest BCUT2D eigenvalue weighted by molar-refractivity contribution is 6.21. The van der Waals surface area contributed by atoms with Crippen LogP contribution in [-0.2, 0) is 0 Å². The van der Waals surface area contributed by atoms with Crippen LogP contribution in [0.3, 0.4) is 0 Å². The molecule has 2 nitrogen and oxygen atoms in total. The van der Waals surface area contributed by atoms with E-state index in [1.165, 1.54) is 0 Å². The average molecular weight is 200 g/mol. The molecule has 3 heteroatoms. The van der Waals surface area contributed by atoms with E-state index < -0.39 is 0 Å². The lowest BCUT2D eigenvalue weighted by atomic mass is 10.3. The van der Waals surface area contributed by atoms with Gasteiger partial charge in [-0.15, -0.1) is 0 Å². The van der Waals surface area contributed by atoms with Crippen LogP contribution in [0.25, 0.3) is 0 Å². The number of benzene rings is 1. The Bertz CT molecular complexity index is 263. The number of nitrogens with one attached hydrogen (secondary N) is 1. The van der Waals surface area contributed by atoms with Gasteiger partial charge in [0.1, 0.15) is 5.75 Å². The number of halogens is 1. The van der Waals surface area contributed by atoms with Gasteiger partial charge in [0, 0.05) is 11.8 Å². The molecule has 0 spiro atoms. The van der Waals surface area contributed by atoms with Gasteiger partial charge in [0.15, 0.2) is 0 Å². The topological polar surface area (TPSA) is 21.3 Å². The number of hydrogen-bond donors (Lipinski definition) is 1. The van der Waals surface area contributed by atoms with E-state index in [9.17, 15) is 0 Å². The van der Waals surface area contributed by atoms with Gasteiger partial charge in [0.05, 0.1) is 12.1 Å². The van der Waals surface area contributed by atoms with Crippen molar-refractivity contribution in [2.24, 2.45) is 0 Å². The molecule has 0 aliphatic carbocycles. The Labute approximate surface area is 83.9 Å². The highest BCUT2D eigenvalue weighted by Gasteiger charge is 1.98. The predicted octanol–water partition coefficient (Wildman–Crippen LogP) is 3.08. The van der Waals surface area contributed by atoms with Crippen LogP contribution in [0.1, 0.15) is 13.8 Å². The lowest BCUT2D eigenvalue weighted by Crippen LogP contribution is -2.06. The molecule has 1 N–H and O–H groups in total. The van der Waals surface area contributed by atoms with Crippen LogP contribution in [0.2, 0.25) is 0 Å². The van der Waals surface area contributed by atoms with Crippen molar-refractivity contribution in [3.63, 3.8) is 0 Å². The zero-order chi connectivity index (χ0) is 9.68. The number of alkyl halides is 1. The van der Waals surface area contributed by atoms with Crippen LogP contribution in [0, 0.1) is 0 Å². The van der Waals surface area contributed by atoms with Gasteiger partial charge in [-0.1, -0.05) is 17.7 Å². The van der Waals surface area contributed by atoms with E-state index in [1.807, 2.05) is 38.1 Å². The third kappa shape index (κ3) is 3.55. The zero-order valence-corrected chi connectivity index (χ0v) is 8.64. The van der Waals surface area contributed by atoms with Gasteiger partial charge < -0.3 is 10.1 Å². The molecule has 0 saturated carbocycles. The molecule has 1 aromatic carbocycles. The molecule has 0 bridgehead atoms. The Morgan fingerprint density at radius 1 is 1.54 bits per heavy atom. The summed E-state index contributed by atoms with van der Waals surface area (Å²) in [5.74, 6) is 0.866. The first-order chi connectivity index (χ1) is 6.22. The molecule has 0 amide bonds. The average Bonchev–Trinajstić information content (AvgIpc) is 2.04. The van der Waals surface area contributed by atoms with Crippen LogP contribution in [-0.4, -0.2) is 12.1 Å². The van der Waals surface area contributed by atoms with E-state index in [-0.39, 0.29) is 5.50 Å². The lowest BCUT2D eigenvalue weighted by Gasteiger charge is -2.09. The molecule has 0 radical (unpaired) electrons. The summed E-state index contributed by atoms with van der Waals surface area (Å²) in [5, 5.41) is 3.09. The Hall–Kier alpha value is -0.890. The smallest absolute Gasteiger partial charge is 0.121 e. The van der Waals surface area contributed by atoms with Crippen molar-refractivity contribution in [3.8, 4) is 5.75 Å². The maximum atomic E-state index is 5.79. The summed E-state index contributed by atoms with van der Waals surface area (Å²) in [7, 11) is 0. The minimum Gasteiger partial charge on any atom is -0.494 e. The number of anilines is 1. The van der Waals surface area contributed by atoms with Gasteiger partial charge >= 0.3 is 0 Å². The Balaban J connectivity index is 2.67. The van der Waals surface area contributed by atoms with Crippen LogP contribution < -0.4 is 10.1 Å². The molecule has 1 aromatic rings. The van der Waals surface area contributed by atoms with E-state index in [1.54, 1.807) is 0 Å². The summed E-state index contributed by atoms with van der Waals surface area (Å²) < 4.78 is 5.34. The van der Waals surface area contributed by atoms with E-state index in [0.717, 1.165) is 11.4 Å². The molecule has 0 heterocycles. The molecular formula is C10H14ClNO. The standard InChI is InChI=1S/C10H14ClNO/c1-3-13-10-6-4-5-9(7-10)12-8(2)11/h4-8,12H,3H2,1-2H3. The van der Waals surface area contributed by atoms with Gasteiger partial charge in [-0.05, 0) is 26.0 Å². The normalized spacial score (nSPS) is 12.2. The first-order valence-corrected chi connectivity index (χ1v) is 4.79. The monoisotopic (exact) mass is 199 g/mol. The van der Waals surface area contributed by atoms with Crippen molar-refractivity contribution in [1.29, 1.82) is 0 Å². The second-order valence-electron chi connectivity index (χ2n) is 2.72. The summed E-state index contributed by atoms with van der Waals surface area (Å²) in [6, 6.07) is 7.75. The molecule has 0 fully saturated rings. The van der Waals surface area contributed by atoms with E-state index in [4.69, 9.17) is 16.3 Å². The fourth-order valence-electron chi connectivity index (χ4n) is 1.07. The zero-order valence-electron chi connectivity index (χ0n) is 7.88. The largest absolute Gasteiger partial charge is 0.494 e. The molecule has 1 rings (SSSR count). The van der Waals surface area contributed by atoms with E-state index in [2.05, 4.69) is 5.32 Å². The molecule has 1 atom stereocenters. The molecule has 72 valence electrons. The summed E-state index contributed by atoms with van der Waals surface area (Å²) >= 11 is 5.79. The summed E-state index contributed by atoms with van der Waals surface area (Å²) in [6.07, 6.45) is 0. The molecule has 0 aliphatic rings. The summed E-state index contributed by atoms with van der Waals surface area (Å²) in [6.45, 7) is 4.53. The second kappa shape index (κ2) is 4.97. The third-order valence-electron chi connectivity index (χ3n) is 1.51. The highest BCUT2D eigenvalue weighted by atomic mass is 35.5. The maximum absolute atomic E-state index is 5.79.